The molecule has 0 heterocycles. The minimum absolute atomic E-state index is 1.01. The van der Waals surface area contributed by atoms with Crippen molar-refractivity contribution in [2.75, 3.05) is 39.3 Å². The molecule has 0 spiro atoms. The predicted molar refractivity (Wildman–Crippen MR) is 58.2 cm³/mol. The van der Waals surface area contributed by atoms with Gasteiger partial charge in [-0.05, 0) is 39.0 Å². The minimum Gasteiger partial charge on any atom is -0.317 e. The van der Waals surface area contributed by atoms with Crippen molar-refractivity contribution < 1.29 is 0 Å². The van der Waals surface area contributed by atoms with Gasteiger partial charge in [-0.2, -0.15) is 0 Å². The minimum atomic E-state index is 1.01. The maximum atomic E-state index is 4.43. The zero-order valence-corrected chi connectivity index (χ0v) is 9.10. The van der Waals surface area contributed by atoms with Crippen molar-refractivity contribution in [3.8, 4) is 0 Å². The average Bonchev–Trinajstić information content (AvgIpc) is 2.16. The molecular weight excluding hydrogens is 162 g/mol. The van der Waals surface area contributed by atoms with Crippen LogP contribution < -0.4 is 16.0 Å². The molecule has 0 aliphatic carbocycles. The molecule has 0 fully saturated rings. The van der Waals surface area contributed by atoms with Crippen molar-refractivity contribution in [1.82, 2.24) is 16.0 Å². The molecule has 2 N–H and O–H groups in total. The molecule has 3 heteroatoms. The van der Waals surface area contributed by atoms with Gasteiger partial charge in [0.2, 0.25) is 0 Å². The zero-order valence-electron chi connectivity index (χ0n) is 9.10. The summed E-state index contributed by atoms with van der Waals surface area (Å²) in [4.78, 5) is 0. The standard InChI is InChI=1S/C10H24N3/c1-3-11-7-5-9-13-10-6-8-12-4-2/h11-12H,3-10H2,1-2H3. The Kier molecular flexibility index (Phi) is 11.8. The van der Waals surface area contributed by atoms with Crippen LogP contribution in [0.15, 0.2) is 0 Å². The Labute approximate surface area is 82.7 Å². The van der Waals surface area contributed by atoms with E-state index in [0.29, 0.717) is 0 Å². The lowest BCUT2D eigenvalue weighted by atomic mass is 10.3. The molecule has 13 heavy (non-hydrogen) atoms. The second-order valence-electron chi connectivity index (χ2n) is 3.09. The molecule has 0 aromatic carbocycles. The largest absolute Gasteiger partial charge is 0.317 e. The Balaban J connectivity index is 2.76. The molecule has 0 saturated heterocycles. The Bertz CT molecular complexity index is 76.2. The van der Waals surface area contributed by atoms with Crippen molar-refractivity contribution in [2.45, 2.75) is 26.7 Å². The predicted octanol–water partition coefficient (Wildman–Crippen LogP) is 0.590. The van der Waals surface area contributed by atoms with Gasteiger partial charge >= 0.3 is 0 Å². The van der Waals surface area contributed by atoms with Crippen LogP contribution in [0, 0.1) is 0 Å². The fourth-order valence-corrected chi connectivity index (χ4v) is 1.10. The van der Waals surface area contributed by atoms with Crippen LogP contribution in [0.4, 0.5) is 0 Å². The quantitative estimate of drug-likeness (QED) is 0.490. The van der Waals surface area contributed by atoms with Crippen LogP contribution in [0.5, 0.6) is 0 Å². The maximum Gasteiger partial charge on any atom is 0.0145 e. The van der Waals surface area contributed by atoms with E-state index < -0.39 is 0 Å². The van der Waals surface area contributed by atoms with Gasteiger partial charge in [0.25, 0.3) is 0 Å². The van der Waals surface area contributed by atoms with Gasteiger partial charge in [0.05, 0.1) is 0 Å². The van der Waals surface area contributed by atoms with Gasteiger partial charge in [0.15, 0.2) is 0 Å². The summed E-state index contributed by atoms with van der Waals surface area (Å²) in [5, 5.41) is 11.0. The van der Waals surface area contributed by atoms with Crippen LogP contribution in [0.2, 0.25) is 0 Å². The van der Waals surface area contributed by atoms with Gasteiger partial charge in [0, 0.05) is 13.1 Å². The lowest BCUT2D eigenvalue weighted by molar-refractivity contribution is 0.568. The second-order valence-corrected chi connectivity index (χ2v) is 3.09. The van der Waals surface area contributed by atoms with E-state index in [0.717, 1.165) is 39.3 Å². The van der Waals surface area contributed by atoms with Gasteiger partial charge in [0.1, 0.15) is 0 Å². The van der Waals surface area contributed by atoms with Crippen LogP contribution in [0.1, 0.15) is 26.7 Å². The number of hydrogen-bond donors (Lipinski definition) is 2. The first-order valence-corrected chi connectivity index (χ1v) is 5.46. The Hall–Kier alpha value is -0.120. The lowest BCUT2D eigenvalue weighted by Gasteiger charge is -2.03. The van der Waals surface area contributed by atoms with E-state index in [2.05, 4.69) is 29.8 Å². The molecule has 0 saturated carbocycles. The van der Waals surface area contributed by atoms with Gasteiger partial charge in [-0.1, -0.05) is 13.8 Å². The van der Waals surface area contributed by atoms with Crippen molar-refractivity contribution in [2.24, 2.45) is 0 Å². The first-order valence-electron chi connectivity index (χ1n) is 5.46. The molecule has 0 rings (SSSR count). The molecule has 0 amide bonds. The zero-order chi connectivity index (χ0) is 9.78. The lowest BCUT2D eigenvalue weighted by Crippen LogP contribution is -2.21. The molecule has 0 unspecified atom stereocenters. The Morgan fingerprint density at radius 3 is 1.69 bits per heavy atom. The van der Waals surface area contributed by atoms with Gasteiger partial charge in [-0.25, -0.2) is 5.32 Å². The monoisotopic (exact) mass is 186 g/mol. The van der Waals surface area contributed by atoms with Gasteiger partial charge < -0.3 is 10.6 Å². The Morgan fingerprint density at radius 1 is 0.846 bits per heavy atom. The normalized spacial score (nSPS) is 10.6. The van der Waals surface area contributed by atoms with E-state index in [1.165, 1.54) is 12.8 Å². The van der Waals surface area contributed by atoms with E-state index in [-0.39, 0.29) is 0 Å². The highest BCUT2D eigenvalue weighted by molar-refractivity contribution is 4.52. The van der Waals surface area contributed by atoms with Crippen molar-refractivity contribution in [1.29, 1.82) is 0 Å². The summed E-state index contributed by atoms with van der Waals surface area (Å²) in [5.41, 5.74) is 0. The number of rotatable bonds is 10. The number of nitrogens with zero attached hydrogens (tertiary/aromatic N) is 1. The summed E-state index contributed by atoms with van der Waals surface area (Å²) in [6, 6.07) is 0. The Morgan fingerprint density at radius 2 is 1.31 bits per heavy atom. The van der Waals surface area contributed by atoms with Crippen molar-refractivity contribution in [3.05, 3.63) is 0 Å². The molecule has 0 aliphatic heterocycles. The smallest absolute Gasteiger partial charge is 0.0145 e. The van der Waals surface area contributed by atoms with Crippen LogP contribution >= 0.6 is 0 Å². The number of nitrogens with one attached hydrogen (secondary N) is 2. The van der Waals surface area contributed by atoms with Gasteiger partial charge in [-0.3, -0.25) is 0 Å². The third-order valence-electron chi connectivity index (χ3n) is 1.84. The van der Waals surface area contributed by atoms with E-state index in [1.807, 2.05) is 0 Å². The highest BCUT2D eigenvalue weighted by atomic mass is 14.9. The molecular formula is C10H24N3. The van der Waals surface area contributed by atoms with Gasteiger partial charge in [-0.15, -0.1) is 0 Å². The first kappa shape index (κ1) is 12.9. The fourth-order valence-electron chi connectivity index (χ4n) is 1.10. The van der Waals surface area contributed by atoms with Crippen LogP contribution in [0.3, 0.4) is 0 Å². The molecule has 0 aromatic heterocycles. The molecule has 0 atom stereocenters. The second kappa shape index (κ2) is 11.9. The van der Waals surface area contributed by atoms with E-state index in [1.54, 1.807) is 0 Å². The molecule has 0 bridgehead atoms. The van der Waals surface area contributed by atoms with Crippen LogP contribution in [-0.2, 0) is 0 Å². The summed E-state index contributed by atoms with van der Waals surface area (Å²) in [5.74, 6) is 0. The van der Waals surface area contributed by atoms with E-state index in [4.69, 9.17) is 0 Å². The highest BCUT2D eigenvalue weighted by Gasteiger charge is 1.89. The number of hydrogen-bond acceptors (Lipinski definition) is 2. The molecule has 0 aliphatic rings. The third-order valence-corrected chi connectivity index (χ3v) is 1.84. The molecule has 0 aromatic rings. The highest BCUT2D eigenvalue weighted by Crippen LogP contribution is 1.78. The molecule has 3 nitrogen and oxygen atoms in total. The topological polar surface area (TPSA) is 38.2 Å². The maximum absolute atomic E-state index is 4.43. The summed E-state index contributed by atoms with van der Waals surface area (Å²) in [6.45, 7) is 10.6. The fraction of sp³-hybridized carbons (Fsp3) is 1.00. The summed E-state index contributed by atoms with van der Waals surface area (Å²) in [7, 11) is 0. The molecule has 79 valence electrons. The summed E-state index contributed by atoms with van der Waals surface area (Å²) >= 11 is 0. The van der Waals surface area contributed by atoms with E-state index >= 15 is 0 Å². The van der Waals surface area contributed by atoms with Crippen LogP contribution in [0.25, 0.3) is 0 Å². The first-order chi connectivity index (χ1) is 6.41. The SMILES string of the molecule is CCNCCC[N]CCCNCC. The van der Waals surface area contributed by atoms with Crippen molar-refractivity contribution in [3.63, 3.8) is 0 Å². The summed E-state index contributed by atoms with van der Waals surface area (Å²) < 4.78 is 0. The third kappa shape index (κ3) is 11.9. The molecule has 1 radical (unpaired) electrons. The average molecular weight is 186 g/mol. The van der Waals surface area contributed by atoms with Crippen molar-refractivity contribution >= 4 is 0 Å². The van der Waals surface area contributed by atoms with E-state index in [9.17, 15) is 0 Å². The summed E-state index contributed by atoms with van der Waals surface area (Å²) in [6.07, 6.45) is 2.35. The van der Waals surface area contributed by atoms with Crippen LogP contribution in [-0.4, -0.2) is 39.3 Å².